The van der Waals surface area contributed by atoms with Crippen molar-refractivity contribution >= 4 is 11.6 Å². The Hall–Kier alpha value is -1.72. The van der Waals surface area contributed by atoms with Crippen molar-refractivity contribution in [2.24, 2.45) is 0 Å². The number of rotatable bonds is 4. The molecular formula is C15H18ClN3O2. The minimum atomic E-state index is -0.100. The predicted octanol–water partition coefficient (Wildman–Crippen LogP) is 2.64. The number of aryl methyl sites for hydroxylation is 1. The maximum Gasteiger partial charge on any atom is 0.166 e. The minimum Gasteiger partial charge on any atom is -0.486 e. The fourth-order valence-electron chi connectivity index (χ4n) is 2.67. The number of ether oxygens (including phenoxy) is 2. The Labute approximate surface area is 128 Å². The third-order valence-corrected chi connectivity index (χ3v) is 3.89. The molecule has 0 amide bonds. The number of para-hydroxylation sites is 1. The largest absolute Gasteiger partial charge is 0.486 e. The Kier molecular flexibility index (Phi) is 4.03. The number of nitrogens with one attached hydrogen (secondary N) is 1. The molecule has 0 saturated carbocycles. The van der Waals surface area contributed by atoms with Crippen LogP contribution in [0, 0.1) is 0 Å². The highest BCUT2D eigenvalue weighted by molar-refractivity contribution is 6.31. The summed E-state index contributed by atoms with van der Waals surface area (Å²) in [5.74, 6) is 1.56. The molecule has 0 saturated heterocycles. The number of hydrogen-bond donors (Lipinski definition) is 1. The van der Waals surface area contributed by atoms with Gasteiger partial charge >= 0.3 is 0 Å². The van der Waals surface area contributed by atoms with Gasteiger partial charge in [-0.05, 0) is 20.0 Å². The lowest BCUT2D eigenvalue weighted by atomic mass is 10.0. The molecule has 5 nitrogen and oxygen atoms in total. The van der Waals surface area contributed by atoms with E-state index in [0.29, 0.717) is 18.2 Å². The van der Waals surface area contributed by atoms with Crippen molar-refractivity contribution in [1.29, 1.82) is 0 Å². The summed E-state index contributed by atoms with van der Waals surface area (Å²) >= 11 is 6.33. The van der Waals surface area contributed by atoms with Crippen LogP contribution in [0.2, 0.25) is 5.02 Å². The maximum atomic E-state index is 6.33. The standard InChI is InChI=1S/C15H18ClN3O2/c1-3-19-14(11(16)9-18-19)13(17-2)10-5-4-6-12-15(10)21-8-7-20-12/h4-6,9,13,17H,3,7-8H2,1-2H3. The Balaban J connectivity index is 2.10. The highest BCUT2D eigenvalue weighted by Crippen LogP contribution is 2.40. The van der Waals surface area contributed by atoms with Crippen LogP contribution in [0.15, 0.2) is 24.4 Å². The summed E-state index contributed by atoms with van der Waals surface area (Å²) < 4.78 is 13.4. The summed E-state index contributed by atoms with van der Waals surface area (Å²) in [5.41, 5.74) is 1.94. The molecule has 6 heteroatoms. The van der Waals surface area contributed by atoms with Crippen molar-refractivity contribution in [3.8, 4) is 11.5 Å². The van der Waals surface area contributed by atoms with Crippen molar-refractivity contribution in [3.63, 3.8) is 0 Å². The Bertz CT molecular complexity index is 642. The van der Waals surface area contributed by atoms with Crippen LogP contribution in [0.25, 0.3) is 0 Å². The quantitative estimate of drug-likeness (QED) is 0.943. The third-order valence-electron chi connectivity index (χ3n) is 3.60. The Morgan fingerprint density at radius 3 is 2.95 bits per heavy atom. The van der Waals surface area contributed by atoms with E-state index in [0.717, 1.165) is 29.3 Å². The molecule has 1 N–H and O–H groups in total. The monoisotopic (exact) mass is 307 g/mol. The van der Waals surface area contributed by atoms with Gasteiger partial charge in [-0.3, -0.25) is 4.68 Å². The molecule has 2 aromatic rings. The average molecular weight is 308 g/mol. The van der Waals surface area contributed by atoms with Crippen molar-refractivity contribution in [1.82, 2.24) is 15.1 Å². The van der Waals surface area contributed by atoms with Gasteiger partial charge < -0.3 is 14.8 Å². The number of fused-ring (bicyclic) bond motifs is 1. The third kappa shape index (κ3) is 2.47. The van der Waals surface area contributed by atoms with Gasteiger partial charge in [0.1, 0.15) is 13.2 Å². The van der Waals surface area contributed by atoms with Gasteiger partial charge in [-0.2, -0.15) is 5.10 Å². The van der Waals surface area contributed by atoms with Crippen LogP contribution in [0.5, 0.6) is 11.5 Å². The molecule has 1 aliphatic heterocycles. The molecule has 0 spiro atoms. The van der Waals surface area contributed by atoms with Gasteiger partial charge in [0.2, 0.25) is 0 Å². The molecule has 112 valence electrons. The second-order valence-corrected chi connectivity index (χ2v) is 5.19. The molecular weight excluding hydrogens is 290 g/mol. The van der Waals surface area contributed by atoms with E-state index < -0.39 is 0 Å². The summed E-state index contributed by atoms with van der Waals surface area (Å²) in [6.45, 7) is 3.93. The fraction of sp³-hybridized carbons (Fsp3) is 0.400. The van der Waals surface area contributed by atoms with Crippen molar-refractivity contribution in [3.05, 3.63) is 40.7 Å². The second-order valence-electron chi connectivity index (χ2n) is 4.79. The number of hydrogen-bond acceptors (Lipinski definition) is 4. The van der Waals surface area contributed by atoms with Gasteiger partial charge in [-0.15, -0.1) is 0 Å². The lowest BCUT2D eigenvalue weighted by Crippen LogP contribution is -2.24. The maximum absolute atomic E-state index is 6.33. The molecule has 1 aliphatic rings. The molecule has 2 heterocycles. The van der Waals surface area contributed by atoms with E-state index in [4.69, 9.17) is 21.1 Å². The number of benzene rings is 1. The number of nitrogens with zero attached hydrogens (tertiary/aromatic N) is 2. The highest BCUT2D eigenvalue weighted by Gasteiger charge is 2.26. The average Bonchev–Trinajstić information content (AvgIpc) is 2.90. The molecule has 3 rings (SSSR count). The van der Waals surface area contributed by atoms with Crippen molar-refractivity contribution in [2.75, 3.05) is 20.3 Å². The topological polar surface area (TPSA) is 48.3 Å². The molecule has 1 aromatic heterocycles. The highest BCUT2D eigenvalue weighted by atomic mass is 35.5. The first kappa shape index (κ1) is 14.2. The van der Waals surface area contributed by atoms with Crippen LogP contribution < -0.4 is 14.8 Å². The normalized spacial score (nSPS) is 15.0. The summed E-state index contributed by atoms with van der Waals surface area (Å²) in [6.07, 6.45) is 1.68. The molecule has 0 radical (unpaired) electrons. The molecule has 0 aliphatic carbocycles. The summed E-state index contributed by atoms with van der Waals surface area (Å²) in [5, 5.41) is 8.26. The van der Waals surface area contributed by atoms with Gasteiger partial charge in [-0.1, -0.05) is 23.7 Å². The summed E-state index contributed by atoms with van der Waals surface area (Å²) in [7, 11) is 1.90. The fourth-order valence-corrected chi connectivity index (χ4v) is 2.92. The Morgan fingerprint density at radius 1 is 1.38 bits per heavy atom. The zero-order valence-corrected chi connectivity index (χ0v) is 12.9. The minimum absolute atomic E-state index is 0.100. The molecule has 0 bridgehead atoms. The van der Waals surface area contributed by atoms with E-state index in [1.807, 2.05) is 36.9 Å². The first-order valence-electron chi connectivity index (χ1n) is 7.03. The molecule has 0 fully saturated rings. The lowest BCUT2D eigenvalue weighted by molar-refractivity contribution is 0.169. The first-order valence-corrected chi connectivity index (χ1v) is 7.41. The van der Waals surface area contributed by atoms with E-state index in [9.17, 15) is 0 Å². The van der Waals surface area contributed by atoms with E-state index >= 15 is 0 Å². The van der Waals surface area contributed by atoms with Crippen molar-refractivity contribution < 1.29 is 9.47 Å². The van der Waals surface area contributed by atoms with Crippen molar-refractivity contribution in [2.45, 2.75) is 19.5 Å². The molecule has 21 heavy (non-hydrogen) atoms. The predicted molar refractivity (Wildman–Crippen MR) is 81.2 cm³/mol. The Morgan fingerprint density at radius 2 is 2.19 bits per heavy atom. The van der Waals surface area contributed by atoms with Crippen LogP contribution in [0.3, 0.4) is 0 Å². The van der Waals surface area contributed by atoms with Gasteiger partial charge in [-0.25, -0.2) is 0 Å². The number of halogens is 1. The van der Waals surface area contributed by atoms with Crippen LogP contribution in [0.1, 0.15) is 24.2 Å². The van der Waals surface area contributed by atoms with Gasteiger partial charge in [0, 0.05) is 12.1 Å². The number of aromatic nitrogens is 2. The van der Waals surface area contributed by atoms with Gasteiger partial charge in [0.15, 0.2) is 11.5 Å². The SMILES string of the molecule is CCn1ncc(Cl)c1C(NC)c1cccc2c1OCCO2. The van der Waals surface area contributed by atoms with E-state index in [1.165, 1.54) is 0 Å². The summed E-state index contributed by atoms with van der Waals surface area (Å²) in [4.78, 5) is 0. The molecule has 1 atom stereocenters. The zero-order chi connectivity index (χ0) is 14.8. The van der Waals surface area contributed by atoms with E-state index in [2.05, 4.69) is 10.4 Å². The van der Waals surface area contributed by atoms with Gasteiger partial charge in [0.05, 0.1) is 23.0 Å². The smallest absolute Gasteiger partial charge is 0.166 e. The molecule has 1 aromatic carbocycles. The van der Waals surface area contributed by atoms with Crippen LogP contribution in [-0.4, -0.2) is 30.0 Å². The summed E-state index contributed by atoms with van der Waals surface area (Å²) in [6, 6.07) is 5.81. The van der Waals surface area contributed by atoms with E-state index in [-0.39, 0.29) is 6.04 Å². The lowest BCUT2D eigenvalue weighted by Gasteiger charge is -2.25. The second kappa shape index (κ2) is 5.95. The zero-order valence-electron chi connectivity index (χ0n) is 12.1. The van der Waals surface area contributed by atoms with E-state index in [1.54, 1.807) is 6.20 Å². The van der Waals surface area contributed by atoms with Crippen LogP contribution in [0.4, 0.5) is 0 Å². The van der Waals surface area contributed by atoms with Crippen LogP contribution in [-0.2, 0) is 6.54 Å². The molecule has 1 unspecified atom stereocenters. The van der Waals surface area contributed by atoms with Gasteiger partial charge in [0.25, 0.3) is 0 Å². The van der Waals surface area contributed by atoms with Crippen LogP contribution >= 0.6 is 11.6 Å². The first-order chi connectivity index (χ1) is 10.3.